The van der Waals surface area contributed by atoms with E-state index in [1.165, 1.54) is 12.1 Å². The molecule has 2 heterocycles. The fourth-order valence-corrected chi connectivity index (χ4v) is 4.50. The lowest BCUT2D eigenvalue weighted by Gasteiger charge is -2.34. The summed E-state index contributed by atoms with van der Waals surface area (Å²) in [7, 11) is 0. The number of fused-ring (bicyclic) bond motifs is 1. The molecular weight excluding hydrogens is 469 g/mol. The molecule has 1 aromatic heterocycles. The molecule has 3 aromatic rings. The van der Waals surface area contributed by atoms with E-state index in [0.717, 1.165) is 29.5 Å². The molecule has 0 unspecified atom stereocenters. The van der Waals surface area contributed by atoms with Crippen LogP contribution in [0, 0.1) is 5.82 Å². The third-order valence-electron chi connectivity index (χ3n) is 6.19. The molecule has 0 atom stereocenters. The molecule has 0 saturated carbocycles. The number of ether oxygens (including phenoxy) is 1. The van der Waals surface area contributed by atoms with E-state index in [1.54, 1.807) is 23.1 Å². The van der Waals surface area contributed by atoms with Gasteiger partial charge in [-0.25, -0.2) is 4.39 Å². The average molecular weight is 498 g/mol. The van der Waals surface area contributed by atoms with Crippen molar-refractivity contribution in [2.24, 2.45) is 0 Å². The van der Waals surface area contributed by atoms with Gasteiger partial charge in [-0.1, -0.05) is 43.1 Å². The summed E-state index contributed by atoms with van der Waals surface area (Å²) in [4.78, 5) is 32.6. The second-order valence-electron chi connectivity index (χ2n) is 8.94. The highest BCUT2D eigenvalue weighted by Gasteiger charge is 2.33. The molecule has 184 valence electrons. The van der Waals surface area contributed by atoms with Gasteiger partial charge >= 0.3 is 5.56 Å². The van der Waals surface area contributed by atoms with Crippen molar-refractivity contribution in [1.29, 1.82) is 0 Å². The first-order chi connectivity index (χ1) is 16.8. The molecule has 0 aliphatic carbocycles. The fourth-order valence-electron chi connectivity index (χ4n) is 4.33. The van der Waals surface area contributed by atoms with E-state index in [0.29, 0.717) is 37.0 Å². The topological polar surface area (TPSA) is 64.4 Å². The minimum absolute atomic E-state index is 0.00666. The summed E-state index contributed by atoms with van der Waals surface area (Å²) in [6, 6.07) is 11.6. The largest absolute Gasteiger partial charge is 0.486 e. The molecule has 6 nitrogen and oxygen atoms in total. The van der Waals surface area contributed by atoms with Gasteiger partial charge in [-0.2, -0.15) is 4.98 Å². The Morgan fingerprint density at radius 3 is 2.54 bits per heavy atom. The predicted molar refractivity (Wildman–Crippen MR) is 135 cm³/mol. The van der Waals surface area contributed by atoms with Crippen LogP contribution in [0.2, 0.25) is 5.02 Å². The van der Waals surface area contributed by atoms with Crippen LogP contribution >= 0.6 is 11.6 Å². The van der Waals surface area contributed by atoms with Gasteiger partial charge < -0.3 is 14.2 Å². The highest BCUT2D eigenvalue weighted by Crippen LogP contribution is 2.30. The Labute approximate surface area is 209 Å². The minimum Gasteiger partial charge on any atom is -0.486 e. The zero-order valence-electron chi connectivity index (χ0n) is 20.2. The summed E-state index contributed by atoms with van der Waals surface area (Å²) in [5, 5.41) is 0.544. The van der Waals surface area contributed by atoms with E-state index in [-0.39, 0.29) is 29.2 Å². The molecule has 1 aliphatic heterocycles. The van der Waals surface area contributed by atoms with Crippen molar-refractivity contribution < 1.29 is 13.9 Å². The summed E-state index contributed by atoms with van der Waals surface area (Å²) in [5.41, 5.74) is 2.19. The smallest absolute Gasteiger partial charge is 0.316 e. The van der Waals surface area contributed by atoms with Gasteiger partial charge in [0.15, 0.2) is 5.69 Å². The molecule has 0 fully saturated rings. The summed E-state index contributed by atoms with van der Waals surface area (Å²) in [6.45, 7) is 7.30. The van der Waals surface area contributed by atoms with Gasteiger partial charge in [0.25, 0.3) is 5.91 Å². The molecule has 1 amide bonds. The normalized spacial score (nSPS) is 13.3. The molecule has 35 heavy (non-hydrogen) atoms. The lowest BCUT2D eigenvalue weighted by atomic mass is 9.97. The zero-order valence-corrected chi connectivity index (χ0v) is 20.9. The van der Waals surface area contributed by atoms with Crippen molar-refractivity contribution >= 4 is 17.5 Å². The van der Waals surface area contributed by atoms with Crippen molar-refractivity contribution in [3.8, 4) is 16.9 Å². The van der Waals surface area contributed by atoms with Crippen molar-refractivity contribution in [3.05, 3.63) is 80.7 Å². The Bertz CT molecular complexity index is 1290. The van der Waals surface area contributed by atoms with E-state index in [4.69, 9.17) is 16.3 Å². The van der Waals surface area contributed by atoms with Crippen LogP contribution in [0.15, 0.2) is 47.3 Å². The number of unbranched alkanes of at least 4 members (excludes halogenated alkanes) is 1. The molecule has 1 aliphatic rings. The second kappa shape index (κ2) is 10.6. The quantitative estimate of drug-likeness (QED) is 0.394. The van der Waals surface area contributed by atoms with E-state index in [2.05, 4.69) is 4.98 Å². The van der Waals surface area contributed by atoms with Crippen molar-refractivity contribution in [1.82, 2.24) is 14.5 Å². The fraction of sp³-hybridized carbons (Fsp3) is 0.370. The van der Waals surface area contributed by atoms with Gasteiger partial charge in [-0.3, -0.25) is 9.59 Å². The standard InChI is InChI=1S/C27H29ClFN3O3/c1-4-5-14-35-25-24-27(34)31(17(2)3)12-13-32(24)23(30-26(25)33)15-19-6-9-20(28)16-22(19)18-7-10-21(29)11-8-18/h6-11,16-17H,4-5,12-15H2,1-3H3. The van der Waals surface area contributed by atoms with Gasteiger partial charge in [0.2, 0.25) is 5.75 Å². The Kier molecular flexibility index (Phi) is 7.55. The molecule has 0 saturated heterocycles. The molecule has 0 radical (unpaired) electrons. The van der Waals surface area contributed by atoms with Crippen molar-refractivity contribution in [2.45, 2.75) is 52.6 Å². The van der Waals surface area contributed by atoms with Gasteiger partial charge in [0, 0.05) is 30.6 Å². The maximum absolute atomic E-state index is 13.5. The maximum Gasteiger partial charge on any atom is 0.316 e. The number of rotatable bonds is 8. The van der Waals surface area contributed by atoms with Gasteiger partial charge in [0.05, 0.1) is 6.61 Å². The van der Waals surface area contributed by atoms with Crippen LogP contribution in [-0.4, -0.2) is 39.6 Å². The van der Waals surface area contributed by atoms with Gasteiger partial charge in [-0.15, -0.1) is 0 Å². The number of hydrogen-bond acceptors (Lipinski definition) is 4. The molecule has 2 aromatic carbocycles. The summed E-state index contributed by atoms with van der Waals surface area (Å²) in [6.07, 6.45) is 1.98. The lowest BCUT2D eigenvalue weighted by molar-refractivity contribution is 0.0635. The Morgan fingerprint density at radius 2 is 1.86 bits per heavy atom. The average Bonchev–Trinajstić information content (AvgIpc) is 2.82. The monoisotopic (exact) mass is 497 g/mol. The van der Waals surface area contributed by atoms with E-state index in [9.17, 15) is 14.0 Å². The molecule has 8 heteroatoms. The SMILES string of the molecule is CCCCOc1c2n(c(Cc3ccc(Cl)cc3-c3ccc(F)cc3)nc1=O)CCN(C(C)C)C2=O. The molecular formula is C27H29ClFN3O3. The van der Waals surface area contributed by atoms with Gasteiger partial charge in [0.1, 0.15) is 11.6 Å². The lowest BCUT2D eigenvalue weighted by Crippen LogP contribution is -2.46. The number of halogens is 2. The van der Waals surface area contributed by atoms with E-state index >= 15 is 0 Å². The number of nitrogens with zero attached hydrogens (tertiary/aromatic N) is 3. The van der Waals surface area contributed by atoms with Crippen LogP contribution in [0.4, 0.5) is 4.39 Å². The molecule has 0 N–H and O–H groups in total. The Morgan fingerprint density at radius 1 is 1.11 bits per heavy atom. The predicted octanol–water partition coefficient (Wildman–Crippen LogP) is 5.34. The highest BCUT2D eigenvalue weighted by atomic mass is 35.5. The summed E-state index contributed by atoms with van der Waals surface area (Å²) < 4.78 is 21.1. The van der Waals surface area contributed by atoms with E-state index < -0.39 is 5.56 Å². The third kappa shape index (κ3) is 5.25. The van der Waals surface area contributed by atoms with Crippen molar-refractivity contribution in [3.63, 3.8) is 0 Å². The van der Waals surface area contributed by atoms with Crippen LogP contribution in [0.5, 0.6) is 5.75 Å². The third-order valence-corrected chi connectivity index (χ3v) is 6.43. The number of carbonyl (C=O) groups is 1. The van der Waals surface area contributed by atoms with E-state index in [1.807, 2.05) is 37.5 Å². The van der Waals surface area contributed by atoms with Crippen LogP contribution in [0.3, 0.4) is 0 Å². The zero-order chi connectivity index (χ0) is 25.1. The number of carbonyl (C=O) groups excluding carboxylic acids is 1. The maximum atomic E-state index is 13.5. The number of amides is 1. The first-order valence-corrected chi connectivity index (χ1v) is 12.3. The number of aromatic nitrogens is 2. The number of benzene rings is 2. The number of hydrogen-bond donors (Lipinski definition) is 0. The summed E-state index contributed by atoms with van der Waals surface area (Å²) in [5.74, 6) is -0.0532. The van der Waals surface area contributed by atoms with Crippen LogP contribution in [0.1, 0.15) is 55.5 Å². The Hall–Kier alpha value is -3.19. The van der Waals surface area contributed by atoms with Crippen molar-refractivity contribution in [2.75, 3.05) is 13.2 Å². The van der Waals surface area contributed by atoms with Crippen LogP contribution in [0.25, 0.3) is 11.1 Å². The summed E-state index contributed by atoms with van der Waals surface area (Å²) >= 11 is 6.28. The minimum atomic E-state index is -0.543. The molecule has 4 rings (SSSR count). The van der Waals surface area contributed by atoms with Crippen LogP contribution < -0.4 is 10.3 Å². The first-order valence-electron chi connectivity index (χ1n) is 11.9. The first kappa shape index (κ1) is 24.9. The highest BCUT2D eigenvalue weighted by molar-refractivity contribution is 6.30. The van der Waals surface area contributed by atoms with Crippen LogP contribution in [-0.2, 0) is 13.0 Å². The second-order valence-corrected chi connectivity index (χ2v) is 9.38. The van der Waals surface area contributed by atoms with Gasteiger partial charge in [-0.05, 0) is 61.2 Å². The Balaban J connectivity index is 1.81. The molecule has 0 bridgehead atoms. The molecule has 0 spiro atoms.